The maximum absolute atomic E-state index is 13.2. The molecule has 1 saturated heterocycles. The minimum Gasteiger partial charge on any atom is -0.463 e. The zero-order valence-corrected chi connectivity index (χ0v) is 20.5. The Labute approximate surface area is 211 Å². The molecule has 1 heterocycles. The molecule has 0 aromatic heterocycles. The fourth-order valence-corrected chi connectivity index (χ4v) is 4.64. The van der Waals surface area contributed by atoms with E-state index in [4.69, 9.17) is 14.2 Å². The molecule has 2 aliphatic rings. The van der Waals surface area contributed by atoms with Crippen LogP contribution >= 0.6 is 0 Å². The summed E-state index contributed by atoms with van der Waals surface area (Å²) < 4.78 is 16.3. The molecule has 8 nitrogen and oxygen atoms in total. The van der Waals surface area contributed by atoms with Gasteiger partial charge in [-0.1, -0.05) is 80.1 Å². The Balaban J connectivity index is 1.44. The van der Waals surface area contributed by atoms with Gasteiger partial charge in [-0.25, -0.2) is 24.4 Å². The largest absolute Gasteiger partial charge is 0.463 e. The van der Waals surface area contributed by atoms with E-state index in [2.05, 4.69) is 0 Å². The van der Waals surface area contributed by atoms with Gasteiger partial charge in [-0.15, -0.1) is 0 Å². The van der Waals surface area contributed by atoms with Crippen molar-refractivity contribution in [1.82, 2.24) is 10.0 Å². The molecule has 3 atom stereocenters. The van der Waals surface area contributed by atoms with Gasteiger partial charge in [0.15, 0.2) is 0 Å². The van der Waals surface area contributed by atoms with Crippen LogP contribution in [0.5, 0.6) is 0 Å². The molecule has 2 aromatic rings. The normalized spacial score (nSPS) is 20.5. The summed E-state index contributed by atoms with van der Waals surface area (Å²) in [5, 5.41) is 2.74. The number of nitrogens with zero attached hydrogens (tertiary/aromatic N) is 2. The second-order valence-corrected chi connectivity index (χ2v) is 9.01. The molecule has 1 saturated carbocycles. The lowest BCUT2D eigenvalue weighted by atomic mass is 10.0. The molecule has 2 fully saturated rings. The molecule has 0 spiro atoms. The second-order valence-electron chi connectivity index (χ2n) is 9.01. The van der Waals surface area contributed by atoms with Gasteiger partial charge in [0.1, 0.15) is 13.2 Å². The van der Waals surface area contributed by atoms with Gasteiger partial charge in [0.05, 0.1) is 18.7 Å². The van der Waals surface area contributed by atoms with Crippen LogP contribution in [0.3, 0.4) is 0 Å². The molecule has 1 aliphatic carbocycles. The monoisotopic (exact) mass is 492 g/mol. The van der Waals surface area contributed by atoms with E-state index in [9.17, 15) is 14.4 Å². The predicted molar refractivity (Wildman–Crippen MR) is 132 cm³/mol. The fourth-order valence-electron chi connectivity index (χ4n) is 4.64. The lowest BCUT2D eigenvalue weighted by Crippen LogP contribution is -2.55. The molecular formula is C28H32N2O6. The summed E-state index contributed by atoms with van der Waals surface area (Å²) in [6.07, 6.45) is 4.95. The molecule has 2 aromatic carbocycles. The summed E-state index contributed by atoms with van der Waals surface area (Å²) in [4.78, 5) is 38.3. The van der Waals surface area contributed by atoms with Gasteiger partial charge in [-0.05, 0) is 30.4 Å². The van der Waals surface area contributed by atoms with Crippen molar-refractivity contribution in [2.45, 2.75) is 57.9 Å². The van der Waals surface area contributed by atoms with Gasteiger partial charge in [0.2, 0.25) is 0 Å². The van der Waals surface area contributed by atoms with E-state index in [0.29, 0.717) is 19.4 Å². The van der Waals surface area contributed by atoms with Crippen molar-refractivity contribution in [2.24, 2.45) is 5.92 Å². The first-order valence-corrected chi connectivity index (χ1v) is 12.4. The number of rotatable bonds is 9. The summed E-state index contributed by atoms with van der Waals surface area (Å²) in [5.74, 6) is -0.500. The molecule has 0 radical (unpaired) electrons. The van der Waals surface area contributed by atoms with Crippen LogP contribution in [0.25, 0.3) is 0 Å². The number of fused-ring (bicyclic) bond motifs is 2. The lowest BCUT2D eigenvalue weighted by Gasteiger charge is -2.39. The van der Waals surface area contributed by atoms with Crippen molar-refractivity contribution >= 4 is 18.2 Å². The summed E-state index contributed by atoms with van der Waals surface area (Å²) in [5.41, 5.74) is 1.70. The summed E-state index contributed by atoms with van der Waals surface area (Å²) in [6.45, 7) is 2.61. The van der Waals surface area contributed by atoms with E-state index in [0.717, 1.165) is 24.0 Å². The molecule has 0 N–H and O–H groups in total. The van der Waals surface area contributed by atoms with Crippen molar-refractivity contribution in [3.8, 4) is 0 Å². The number of benzene rings is 2. The van der Waals surface area contributed by atoms with E-state index in [1.807, 2.05) is 67.6 Å². The van der Waals surface area contributed by atoms with Gasteiger partial charge in [0.25, 0.3) is 0 Å². The SMILES string of the molecule is CCCCOC(=O)/C=C/C1CC2CC1N(C(=O)OCc1ccccc1)N2C(=O)OCc1ccccc1. The maximum Gasteiger partial charge on any atom is 0.429 e. The first kappa shape index (κ1) is 25.3. The van der Waals surface area contributed by atoms with Crippen molar-refractivity contribution in [3.63, 3.8) is 0 Å². The Morgan fingerprint density at radius 3 is 2.00 bits per heavy atom. The zero-order valence-electron chi connectivity index (χ0n) is 20.5. The van der Waals surface area contributed by atoms with Crippen molar-refractivity contribution in [3.05, 3.63) is 83.9 Å². The summed E-state index contributed by atoms with van der Waals surface area (Å²) >= 11 is 0. The van der Waals surface area contributed by atoms with Crippen LogP contribution in [0.4, 0.5) is 9.59 Å². The Morgan fingerprint density at radius 2 is 1.42 bits per heavy atom. The quantitative estimate of drug-likeness (QED) is 0.206. The number of unbranched alkanes of at least 4 members (excludes halogenated alkanes) is 1. The number of hydrogen-bond acceptors (Lipinski definition) is 6. The first-order valence-electron chi connectivity index (χ1n) is 12.4. The van der Waals surface area contributed by atoms with Crippen LogP contribution in [-0.4, -0.2) is 46.9 Å². The number of hydrazine groups is 1. The van der Waals surface area contributed by atoms with E-state index in [1.165, 1.54) is 16.1 Å². The standard InChI is InChI=1S/C28H32N2O6/c1-2-3-16-34-26(31)15-14-23-17-24-18-25(23)30(28(33)36-20-22-12-8-5-9-13-22)29(24)27(32)35-19-21-10-6-4-7-11-21/h4-15,23-25H,2-3,16-20H2,1H3/b15-14+. The van der Waals surface area contributed by atoms with Crippen LogP contribution in [0, 0.1) is 5.92 Å². The second kappa shape index (κ2) is 12.2. The number of carbonyl (C=O) groups is 3. The zero-order chi connectivity index (χ0) is 25.3. The molecule has 1 aliphatic heterocycles. The van der Waals surface area contributed by atoms with Gasteiger partial charge >= 0.3 is 18.2 Å². The van der Waals surface area contributed by atoms with E-state index < -0.39 is 18.2 Å². The predicted octanol–water partition coefficient (Wildman–Crippen LogP) is 5.24. The van der Waals surface area contributed by atoms with Crippen molar-refractivity contribution < 1.29 is 28.6 Å². The van der Waals surface area contributed by atoms with Crippen LogP contribution < -0.4 is 0 Å². The lowest BCUT2D eigenvalue weighted by molar-refractivity contribution is -0.137. The first-order chi connectivity index (χ1) is 17.6. The smallest absolute Gasteiger partial charge is 0.429 e. The third-order valence-corrected chi connectivity index (χ3v) is 6.45. The van der Waals surface area contributed by atoms with Gasteiger partial charge in [-0.2, -0.15) is 0 Å². The number of carbonyl (C=O) groups excluding carboxylic acids is 3. The van der Waals surface area contributed by atoms with Gasteiger partial charge in [-0.3, -0.25) is 0 Å². The van der Waals surface area contributed by atoms with E-state index >= 15 is 0 Å². The average Bonchev–Trinajstić information content (AvgIpc) is 3.49. The Hall–Kier alpha value is -3.81. The highest BCUT2D eigenvalue weighted by molar-refractivity contribution is 5.82. The number of ether oxygens (including phenoxy) is 3. The van der Waals surface area contributed by atoms with Crippen LogP contribution in [0.1, 0.15) is 43.7 Å². The van der Waals surface area contributed by atoms with E-state index in [-0.39, 0.29) is 31.2 Å². The summed E-state index contributed by atoms with van der Waals surface area (Å²) in [7, 11) is 0. The fraction of sp³-hybridized carbons (Fsp3) is 0.393. The molecule has 2 bridgehead atoms. The highest BCUT2D eigenvalue weighted by atomic mass is 16.6. The highest BCUT2D eigenvalue weighted by Gasteiger charge is 2.54. The number of hydrogen-bond donors (Lipinski definition) is 0. The number of amides is 2. The van der Waals surface area contributed by atoms with E-state index in [1.54, 1.807) is 6.08 Å². The van der Waals surface area contributed by atoms with Gasteiger partial charge in [0, 0.05) is 12.0 Å². The minimum absolute atomic E-state index is 0.0880. The van der Waals surface area contributed by atoms with Crippen LogP contribution in [0.2, 0.25) is 0 Å². The average molecular weight is 493 g/mol. The Bertz CT molecular complexity index is 1060. The Morgan fingerprint density at radius 1 is 0.833 bits per heavy atom. The molecule has 3 unspecified atom stereocenters. The third-order valence-electron chi connectivity index (χ3n) is 6.45. The molecule has 8 heteroatoms. The van der Waals surface area contributed by atoms with Crippen molar-refractivity contribution in [2.75, 3.05) is 6.61 Å². The topological polar surface area (TPSA) is 85.4 Å². The van der Waals surface area contributed by atoms with Crippen LogP contribution in [-0.2, 0) is 32.2 Å². The molecular weight excluding hydrogens is 460 g/mol. The molecule has 2 amide bonds. The third kappa shape index (κ3) is 6.24. The van der Waals surface area contributed by atoms with Crippen molar-refractivity contribution in [1.29, 1.82) is 0 Å². The molecule has 36 heavy (non-hydrogen) atoms. The van der Waals surface area contributed by atoms with Crippen LogP contribution in [0.15, 0.2) is 72.8 Å². The number of esters is 1. The molecule has 4 rings (SSSR count). The molecule has 190 valence electrons. The Kier molecular flexibility index (Phi) is 8.60. The van der Waals surface area contributed by atoms with Gasteiger partial charge < -0.3 is 14.2 Å². The minimum atomic E-state index is -0.619. The summed E-state index contributed by atoms with van der Waals surface area (Å²) in [6, 6.07) is 18.2. The highest BCUT2D eigenvalue weighted by Crippen LogP contribution is 2.43. The maximum atomic E-state index is 13.2.